The maximum Gasteiger partial charge on any atom is 0.417 e. The van der Waals surface area contributed by atoms with E-state index in [0.29, 0.717) is 5.52 Å². The quantitative estimate of drug-likeness (QED) is 0.445. The largest absolute Gasteiger partial charge is 0.417 e. The first-order chi connectivity index (χ1) is 8.40. The van der Waals surface area contributed by atoms with Gasteiger partial charge >= 0.3 is 6.18 Å². The van der Waals surface area contributed by atoms with Crippen molar-refractivity contribution in [2.75, 3.05) is 0 Å². The van der Waals surface area contributed by atoms with E-state index in [1.54, 1.807) is 4.45 Å². The minimum atomic E-state index is -4.54. The average Bonchev–Trinajstić information content (AvgIpc) is 2.68. The van der Waals surface area contributed by atoms with E-state index in [1.165, 1.54) is 19.2 Å². The third kappa shape index (κ3) is 2.14. The third-order valence-corrected chi connectivity index (χ3v) is 4.48. The van der Waals surface area contributed by atoms with Gasteiger partial charge in [0.2, 0.25) is 0 Å². The summed E-state index contributed by atoms with van der Waals surface area (Å²) in [5.41, 5.74) is -0.622. The number of halogens is 4. The molecule has 3 nitrogen and oxygen atoms in total. The van der Waals surface area contributed by atoms with Gasteiger partial charge in [-0.3, -0.25) is 4.79 Å². The van der Waals surface area contributed by atoms with Crippen molar-refractivity contribution >= 4 is 45.6 Å². The maximum atomic E-state index is 12.9. The van der Waals surface area contributed by atoms with Crippen LogP contribution in [0.1, 0.15) is 21.5 Å². The molecule has 1 heterocycles. The molecule has 0 saturated carbocycles. The molecule has 96 valence electrons. The second-order valence-corrected chi connectivity index (χ2v) is 5.71. The SMILES string of the molecule is Cc1cc2c(cnn2PI)c(C=O)c1C(F)(F)F. The molecule has 0 saturated heterocycles. The molecule has 0 aliphatic rings. The van der Waals surface area contributed by atoms with Gasteiger partial charge in [-0.2, -0.15) is 18.3 Å². The predicted molar refractivity (Wildman–Crippen MR) is 72.6 cm³/mol. The Morgan fingerprint density at radius 2 is 2.17 bits per heavy atom. The smallest absolute Gasteiger partial charge is 0.298 e. The van der Waals surface area contributed by atoms with Crippen molar-refractivity contribution in [3.05, 3.63) is 29.0 Å². The zero-order chi connectivity index (χ0) is 13.5. The van der Waals surface area contributed by atoms with Crippen molar-refractivity contribution < 1.29 is 18.0 Å². The minimum absolute atomic E-state index is 0.0356. The summed E-state index contributed by atoms with van der Waals surface area (Å²) >= 11 is 2.08. The molecule has 0 radical (unpaired) electrons. The summed E-state index contributed by atoms with van der Waals surface area (Å²) in [6.07, 6.45) is -2.72. The molecule has 0 bridgehead atoms. The van der Waals surface area contributed by atoms with E-state index >= 15 is 0 Å². The molecule has 1 aromatic heterocycles. The summed E-state index contributed by atoms with van der Waals surface area (Å²) in [6, 6.07) is 1.42. The highest BCUT2D eigenvalue weighted by molar-refractivity contribution is 14.2. The Kier molecular flexibility index (Phi) is 3.64. The van der Waals surface area contributed by atoms with Gasteiger partial charge in [-0.25, -0.2) is 4.45 Å². The second kappa shape index (κ2) is 4.77. The molecule has 1 unspecified atom stereocenters. The highest BCUT2D eigenvalue weighted by Crippen LogP contribution is 2.39. The predicted octanol–water partition coefficient (Wildman–Crippen LogP) is 3.97. The first-order valence-corrected chi connectivity index (χ1v) is 8.86. The molecule has 0 fully saturated rings. The van der Waals surface area contributed by atoms with Gasteiger partial charge in [-0.15, -0.1) is 0 Å². The van der Waals surface area contributed by atoms with E-state index in [0.717, 1.165) is 0 Å². The summed E-state index contributed by atoms with van der Waals surface area (Å²) in [5.74, 6) is 0. The molecule has 0 N–H and O–H groups in total. The summed E-state index contributed by atoms with van der Waals surface area (Å²) in [4.78, 5) is 11.0. The maximum absolute atomic E-state index is 12.9. The third-order valence-electron chi connectivity index (χ3n) is 2.59. The number of hydrogen-bond donors (Lipinski definition) is 0. The Labute approximate surface area is 115 Å². The number of alkyl halides is 3. The van der Waals surface area contributed by atoms with Crippen molar-refractivity contribution in [2.24, 2.45) is 0 Å². The highest BCUT2D eigenvalue weighted by Gasteiger charge is 2.36. The number of hydrogen-bond acceptors (Lipinski definition) is 2. The molecule has 0 aliphatic heterocycles. The van der Waals surface area contributed by atoms with Gasteiger partial charge < -0.3 is 0 Å². The van der Waals surface area contributed by atoms with Crippen LogP contribution in [-0.4, -0.2) is 15.8 Å². The topological polar surface area (TPSA) is 34.9 Å². The molecule has 2 aromatic rings. The number of benzene rings is 1. The summed E-state index contributed by atoms with van der Waals surface area (Å²) in [7, 11) is 0. The van der Waals surface area contributed by atoms with Crippen molar-refractivity contribution in [2.45, 2.75) is 13.1 Å². The fourth-order valence-electron chi connectivity index (χ4n) is 1.89. The molecular weight excluding hydrogens is 379 g/mol. The Balaban J connectivity index is 2.90. The molecule has 0 spiro atoms. The monoisotopic (exact) mass is 386 g/mol. The lowest BCUT2D eigenvalue weighted by Gasteiger charge is -2.13. The zero-order valence-corrected chi connectivity index (χ0v) is 12.2. The molecule has 2 rings (SSSR count). The van der Waals surface area contributed by atoms with Crippen LogP contribution >= 0.6 is 28.4 Å². The lowest BCUT2D eigenvalue weighted by atomic mass is 9.98. The zero-order valence-electron chi connectivity index (χ0n) is 9.05. The number of nitrogens with zero attached hydrogens (tertiary/aromatic N) is 2. The molecule has 0 aliphatic carbocycles. The Morgan fingerprint density at radius 1 is 1.50 bits per heavy atom. The fraction of sp³-hybridized carbons (Fsp3) is 0.200. The summed E-state index contributed by atoms with van der Waals surface area (Å²) in [5, 5.41) is 4.22. The molecule has 1 atom stereocenters. The first kappa shape index (κ1) is 13.7. The lowest BCUT2D eigenvalue weighted by Crippen LogP contribution is -2.11. The van der Waals surface area contributed by atoms with Crippen LogP contribution in [0.15, 0.2) is 12.3 Å². The van der Waals surface area contributed by atoms with Gasteiger partial charge in [0, 0.05) is 10.9 Å². The number of carbonyl (C=O) groups is 1. The second-order valence-electron chi connectivity index (χ2n) is 3.67. The number of aldehydes is 1. The van der Waals surface area contributed by atoms with Crippen LogP contribution < -0.4 is 0 Å². The molecular formula is C10H7F3IN2OP. The molecule has 1 aromatic carbocycles. The van der Waals surface area contributed by atoms with Crippen molar-refractivity contribution in [3.63, 3.8) is 0 Å². The van der Waals surface area contributed by atoms with E-state index < -0.39 is 11.7 Å². The van der Waals surface area contributed by atoms with Gasteiger partial charge in [0.15, 0.2) is 6.29 Å². The van der Waals surface area contributed by atoms with Gasteiger partial charge in [-0.1, -0.05) is 0 Å². The number of fused-ring (bicyclic) bond motifs is 1. The van der Waals surface area contributed by atoms with E-state index in [2.05, 4.69) is 27.1 Å². The number of aromatic nitrogens is 2. The van der Waals surface area contributed by atoms with Crippen LogP contribution in [0.3, 0.4) is 0 Å². The summed E-state index contributed by atoms with van der Waals surface area (Å²) < 4.78 is 40.4. The molecule has 8 heteroatoms. The van der Waals surface area contributed by atoms with Crippen LogP contribution in [0.5, 0.6) is 0 Å². The Morgan fingerprint density at radius 3 is 2.67 bits per heavy atom. The van der Waals surface area contributed by atoms with Crippen LogP contribution in [-0.2, 0) is 6.18 Å². The van der Waals surface area contributed by atoms with Crippen molar-refractivity contribution in [3.8, 4) is 0 Å². The first-order valence-electron chi connectivity index (χ1n) is 4.80. The van der Waals surface area contributed by atoms with Crippen LogP contribution in [0.2, 0.25) is 0 Å². The Hall–Kier alpha value is -0.690. The van der Waals surface area contributed by atoms with Crippen molar-refractivity contribution in [1.29, 1.82) is 0 Å². The van der Waals surface area contributed by atoms with Crippen LogP contribution in [0.4, 0.5) is 13.2 Å². The van der Waals surface area contributed by atoms with Gasteiger partial charge in [0.1, 0.15) is 0 Å². The summed E-state index contributed by atoms with van der Waals surface area (Å²) in [6.45, 7) is 1.35. The molecule has 0 amide bonds. The van der Waals surface area contributed by atoms with Crippen LogP contribution in [0, 0.1) is 6.92 Å². The lowest BCUT2D eigenvalue weighted by molar-refractivity contribution is -0.138. The van der Waals surface area contributed by atoms with Gasteiger partial charge in [0.05, 0.1) is 23.7 Å². The van der Waals surface area contributed by atoms with E-state index in [1.807, 2.05) is 0 Å². The normalized spacial score (nSPS) is 12.7. The standard InChI is InChI=1S/C10H7F3IN2OP/c1-5-2-8-6(3-15-16(8)18-14)7(4-17)9(5)10(11,12)13/h2-4,18H,1H3. The van der Waals surface area contributed by atoms with E-state index in [-0.39, 0.29) is 29.2 Å². The van der Waals surface area contributed by atoms with Gasteiger partial charge in [-0.05, 0) is 40.6 Å². The number of rotatable bonds is 2. The van der Waals surface area contributed by atoms with E-state index in [9.17, 15) is 18.0 Å². The Bertz CT molecular complexity index is 624. The average molecular weight is 386 g/mol. The van der Waals surface area contributed by atoms with Crippen LogP contribution in [0.25, 0.3) is 10.9 Å². The number of aryl methyl sites for hydroxylation is 1. The highest BCUT2D eigenvalue weighted by atomic mass is 127. The van der Waals surface area contributed by atoms with Gasteiger partial charge in [0.25, 0.3) is 0 Å². The van der Waals surface area contributed by atoms with Crippen molar-refractivity contribution in [1.82, 2.24) is 9.55 Å². The minimum Gasteiger partial charge on any atom is -0.298 e. The molecule has 18 heavy (non-hydrogen) atoms. The van der Waals surface area contributed by atoms with E-state index in [4.69, 9.17) is 0 Å². The number of carbonyl (C=O) groups excluding carboxylic acids is 1. The fourth-order valence-corrected chi connectivity index (χ4v) is 3.43.